The average molecular weight is 427 g/mol. The molecule has 0 spiro atoms. The van der Waals surface area contributed by atoms with Gasteiger partial charge in [0.2, 0.25) is 11.8 Å². The van der Waals surface area contributed by atoms with Crippen molar-refractivity contribution in [3.05, 3.63) is 0 Å². The van der Waals surface area contributed by atoms with Crippen LogP contribution >= 0.6 is 0 Å². The molecule has 2 aliphatic carbocycles. The van der Waals surface area contributed by atoms with E-state index < -0.39 is 9.84 Å². The molecule has 7 heteroatoms. The first-order valence-corrected chi connectivity index (χ1v) is 13.3. The van der Waals surface area contributed by atoms with Crippen LogP contribution in [0, 0.1) is 23.7 Å². The fourth-order valence-corrected chi connectivity index (χ4v) is 7.73. The Morgan fingerprint density at radius 3 is 1.48 bits per heavy atom. The molecule has 1 heterocycles. The molecule has 0 radical (unpaired) electrons. The molecule has 0 aromatic rings. The number of carbonyl (C=O) groups is 2. The van der Waals surface area contributed by atoms with E-state index in [1.807, 2.05) is 0 Å². The zero-order chi connectivity index (χ0) is 21.0. The minimum atomic E-state index is -3.18. The van der Waals surface area contributed by atoms with Crippen LogP contribution in [0.5, 0.6) is 0 Å². The fourth-order valence-electron chi connectivity index (χ4n) is 5.51. The molecule has 6 atom stereocenters. The Kier molecular flexibility index (Phi) is 7.63. The van der Waals surface area contributed by atoms with Gasteiger partial charge in [0.25, 0.3) is 0 Å². The van der Waals surface area contributed by atoms with Gasteiger partial charge in [0.1, 0.15) is 0 Å². The van der Waals surface area contributed by atoms with Crippen molar-refractivity contribution in [3.63, 3.8) is 0 Å². The van der Waals surface area contributed by atoms with Crippen molar-refractivity contribution in [2.24, 2.45) is 23.7 Å². The highest BCUT2D eigenvalue weighted by molar-refractivity contribution is 7.91. The van der Waals surface area contributed by atoms with Crippen molar-refractivity contribution >= 4 is 21.7 Å². The van der Waals surface area contributed by atoms with Crippen molar-refractivity contribution in [2.45, 2.75) is 90.1 Å². The van der Waals surface area contributed by atoms with Gasteiger partial charge in [0.15, 0.2) is 9.84 Å². The van der Waals surface area contributed by atoms with Gasteiger partial charge in [0.05, 0.1) is 11.5 Å². The smallest absolute Gasteiger partial charge is 0.220 e. The summed E-state index contributed by atoms with van der Waals surface area (Å²) in [7, 11) is -3.18. The maximum Gasteiger partial charge on any atom is 0.220 e. The number of rotatable bonds is 6. The lowest BCUT2D eigenvalue weighted by Gasteiger charge is -2.31. The van der Waals surface area contributed by atoms with Gasteiger partial charge in [-0.25, -0.2) is 8.42 Å². The van der Waals surface area contributed by atoms with Gasteiger partial charge in [-0.3, -0.25) is 9.59 Å². The largest absolute Gasteiger partial charge is 0.353 e. The van der Waals surface area contributed by atoms with E-state index in [9.17, 15) is 18.0 Å². The van der Waals surface area contributed by atoms with E-state index in [1.54, 1.807) is 0 Å². The van der Waals surface area contributed by atoms with Crippen molar-refractivity contribution in [3.8, 4) is 0 Å². The third-order valence-electron chi connectivity index (χ3n) is 7.41. The molecular weight excluding hydrogens is 388 g/mol. The number of hydrogen-bond acceptors (Lipinski definition) is 4. The summed E-state index contributed by atoms with van der Waals surface area (Å²) < 4.78 is 24.5. The number of carbonyl (C=O) groups excluding carboxylic acids is 2. The monoisotopic (exact) mass is 426 g/mol. The van der Waals surface area contributed by atoms with Crippen LogP contribution < -0.4 is 10.6 Å². The highest BCUT2D eigenvalue weighted by Crippen LogP contribution is 2.32. The molecule has 1 aliphatic heterocycles. The van der Waals surface area contributed by atoms with E-state index in [1.165, 1.54) is 12.8 Å². The summed E-state index contributed by atoms with van der Waals surface area (Å²) in [6, 6.07) is 0.396. The number of amides is 2. The van der Waals surface area contributed by atoms with Crippen molar-refractivity contribution in [1.29, 1.82) is 0 Å². The second-order valence-electron chi connectivity index (χ2n) is 9.88. The van der Waals surface area contributed by atoms with E-state index >= 15 is 0 Å². The van der Waals surface area contributed by atoms with E-state index in [4.69, 9.17) is 0 Å². The van der Waals surface area contributed by atoms with Crippen LogP contribution in [0.3, 0.4) is 0 Å². The normalized spacial score (nSPS) is 37.0. The molecule has 29 heavy (non-hydrogen) atoms. The van der Waals surface area contributed by atoms with Crippen molar-refractivity contribution < 1.29 is 18.0 Å². The first kappa shape index (κ1) is 22.6. The van der Waals surface area contributed by atoms with Crippen LogP contribution in [0.25, 0.3) is 0 Å². The maximum absolute atomic E-state index is 12.6. The number of hydrogen-bond donors (Lipinski definition) is 2. The summed E-state index contributed by atoms with van der Waals surface area (Å²) in [6.45, 7) is 4.34. The zero-order valence-corrected chi connectivity index (χ0v) is 18.8. The predicted octanol–water partition coefficient (Wildman–Crippen LogP) is 2.82. The summed E-state index contributed by atoms with van der Waals surface area (Å²) in [5, 5.41) is 6.27. The Bertz CT molecular complexity index is 641. The highest BCUT2D eigenvalue weighted by Gasteiger charge is 2.40. The maximum atomic E-state index is 12.6. The number of sulfone groups is 1. The predicted molar refractivity (Wildman–Crippen MR) is 114 cm³/mol. The Morgan fingerprint density at radius 1 is 0.724 bits per heavy atom. The lowest BCUT2D eigenvalue weighted by Crippen LogP contribution is -2.43. The molecule has 0 aromatic carbocycles. The molecular formula is C22H38N2O4S. The molecule has 1 saturated heterocycles. The van der Waals surface area contributed by atoms with E-state index in [0.29, 0.717) is 11.8 Å². The first-order valence-electron chi connectivity index (χ1n) is 11.5. The molecule has 2 saturated carbocycles. The SMILES string of the molecule is CC1CCCCC1NC(=O)CC1CS(=O)(=O)CC1CC(=O)NC1CCCCC1C. The Hall–Kier alpha value is -1.11. The number of nitrogens with one attached hydrogen (secondary N) is 2. The Balaban J connectivity index is 1.54. The Labute approximate surface area is 175 Å². The fraction of sp³-hybridized carbons (Fsp3) is 0.909. The van der Waals surface area contributed by atoms with E-state index in [2.05, 4.69) is 24.5 Å². The Morgan fingerprint density at radius 2 is 1.10 bits per heavy atom. The van der Waals surface area contributed by atoms with Crippen LogP contribution in [0.2, 0.25) is 0 Å². The van der Waals surface area contributed by atoms with Crippen LogP contribution in [0.1, 0.15) is 78.1 Å². The quantitative estimate of drug-likeness (QED) is 0.683. The molecule has 3 rings (SSSR count). The second-order valence-corrected chi connectivity index (χ2v) is 12.0. The first-order chi connectivity index (χ1) is 13.7. The van der Waals surface area contributed by atoms with Crippen LogP contribution in [-0.2, 0) is 19.4 Å². The van der Waals surface area contributed by atoms with Crippen LogP contribution in [0.15, 0.2) is 0 Å². The lowest BCUT2D eigenvalue weighted by atomic mass is 9.84. The standard InChI is InChI=1S/C22H38N2O4S/c1-15-7-3-5-9-19(15)23-21(25)11-17-13-29(27,28)14-18(17)12-22(26)24-20-10-6-4-8-16(20)2/h15-20H,3-14H2,1-2H3,(H,23,25)(H,24,26). The second kappa shape index (κ2) is 9.80. The van der Waals surface area contributed by atoms with Crippen molar-refractivity contribution in [2.75, 3.05) is 11.5 Å². The van der Waals surface area contributed by atoms with Gasteiger partial charge in [-0.05, 0) is 49.4 Å². The summed E-state index contributed by atoms with van der Waals surface area (Å²) in [4.78, 5) is 25.2. The molecule has 0 aromatic heterocycles. The highest BCUT2D eigenvalue weighted by atomic mass is 32.2. The molecule has 3 aliphatic rings. The summed E-state index contributed by atoms with van der Waals surface area (Å²) in [5.74, 6) is 0.367. The lowest BCUT2D eigenvalue weighted by molar-refractivity contribution is -0.126. The minimum absolute atomic E-state index is 0.0262. The third kappa shape index (κ3) is 6.43. The molecule has 2 amide bonds. The molecule has 0 bridgehead atoms. The summed E-state index contributed by atoms with van der Waals surface area (Å²) in [6.07, 6.45) is 9.38. The summed E-state index contributed by atoms with van der Waals surface area (Å²) >= 11 is 0. The van der Waals surface area contributed by atoms with Gasteiger partial charge >= 0.3 is 0 Å². The van der Waals surface area contributed by atoms with Gasteiger partial charge in [-0.2, -0.15) is 0 Å². The zero-order valence-electron chi connectivity index (χ0n) is 18.0. The molecule has 2 N–H and O–H groups in total. The van der Waals surface area contributed by atoms with E-state index in [-0.39, 0.29) is 60.1 Å². The van der Waals surface area contributed by atoms with Crippen LogP contribution in [0.4, 0.5) is 0 Å². The van der Waals surface area contributed by atoms with Gasteiger partial charge in [-0.15, -0.1) is 0 Å². The van der Waals surface area contributed by atoms with E-state index in [0.717, 1.165) is 38.5 Å². The molecule has 6 nitrogen and oxygen atoms in total. The molecule has 166 valence electrons. The molecule has 3 fully saturated rings. The third-order valence-corrected chi connectivity index (χ3v) is 9.29. The van der Waals surface area contributed by atoms with Gasteiger partial charge in [0, 0.05) is 24.9 Å². The van der Waals surface area contributed by atoms with Crippen LogP contribution in [-0.4, -0.2) is 43.8 Å². The topological polar surface area (TPSA) is 92.3 Å². The van der Waals surface area contributed by atoms with Gasteiger partial charge < -0.3 is 10.6 Å². The molecule has 6 unspecified atom stereocenters. The minimum Gasteiger partial charge on any atom is -0.353 e. The van der Waals surface area contributed by atoms with Crippen molar-refractivity contribution in [1.82, 2.24) is 10.6 Å². The summed E-state index contributed by atoms with van der Waals surface area (Å²) in [5.41, 5.74) is 0. The van der Waals surface area contributed by atoms with Gasteiger partial charge in [-0.1, -0.05) is 39.5 Å². The average Bonchev–Trinajstić information content (AvgIpc) is 2.92.